The first-order chi connectivity index (χ1) is 7.94. The van der Waals surface area contributed by atoms with E-state index in [0.717, 1.165) is 19.3 Å². The lowest BCUT2D eigenvalue weighted by molar-refractivity contribution is -0.139. The molecule has 0 aliphatic rings. The minimum Gasteiger partial charge on any atom is -0.480 e. The number of rotatable bonds is 7. The highest BCUT2D eigenvalue weighted by Gasteiger charge is 2.27. The van der Waals surface area contributed by atoms with Crippen molar-refractivity contribution in [3.05, 3.63) is 0 Å². The summed E-state index contributed by atoms with van der Waals surface area (Å²) in [4.78, 5) is 22.5. The van der Waals surface area contributed by atoms with Crippen LogP contribution in [0.2, 0.25) is 0 Å². The summed E-state index contributed by atoms with van der Waals surface area (Å²) >= 11 is 0. The van der Waals surface area contributed by atoms with Crippen molar-refractivity contribution in [2.45, 2.75) is 65.0 Å². The van der Waals surface area contributed by atoms with Crippen LogP contribution in [-0.2, 0) is 4.79 Å². The van der Waals surface area contributed by atoms with Gasteiger partial charge in [-0.05, 0) is 25.7 Å². The van der Waals surface area contributed by atoms with Crippen molar-refractivity contribution in [2.24, 2.45) is 0 Å². The van der Waals surface area contributed by atoms with Crippen LogP contribution in [0.25, 0.3) is 0 Å². The summed E-state index contributed by atoms with van der Waals surface area (Å²) in [6.07, 6.45) is 2.87. The Morgan fingerprint density at radius 1 is 1.12 bits per heavy atom. The average Bonchev–Trinajstić information content (AvgIpc) is 2.32. The maximum Gasteiger partial charge on any atom is 0.326 e. The van der Waals surface area contributed by atoms with Gasteiger partial charge in [-0.1, -0.05) is 27.7 Å². The van der Waals surface area contributed by atoms with Crippen molar-refractivity contribution >= 4 is 12.0 Å². The standard InChI is InChI=1S/C12H24N2O3/c1-5-9(10(15)16)13-11(17)14-12(6-2,7-3)8-4/h9H,5-8H2,1-4H3,(H,15,16)(H2,13,14,17). The van der Waals surface area contributed by atoms with E-state index in [1.54, 1.807) is 6.92 Å². The van der Waals surface area contributed by atoms with Crippen molar-refractivity contribution in [3.63, 3.8) is 0 Å². The zero-order valence-electron chi connectivity index (χ0n) is 11.2. The number of carbonyl (C=O) groups is 2. The monoisotopic (exact) mass is 244 g/mol. The van der Waals surface area contributed by atoms with E-state index in [4.69, 9.17) is 5.11 Å². The largest absolute Gasteiger partial charge is 0.480 e. The summed E-state index contributed by atoms with van der Waals surface area (Å²) in [5, 5.41) is 14.2. The van der Waals surface area contributed by atoms with Crippen molar-refractivity contribution in [1.29, 1.82) is 0 Å². The quantitative estimate of drug-likeness (QED) is 0.642. The molecule has 5 nitrogen and oxygen atoms in total. The molecule has 1 atom stereocenters. The van der Waals surface area contributed by atoms with Crippen LogP contribution in [0, 0.1) is 0 Å². The Morgan fingerprint density at radius 3 is 1.88 bits per heavy atom. The molecule has 1 unspecified atom stereocenters. The van der Waals surface area contributed by atoms with Gasteiger partial charge in [0.05, 0.1) is 0 Å². The molecule has 0 rings (SSSR count). The molecule has 0 saturated carbocycles. The number of hydrogen-bond acceptors (Lipinski definition) is 2. The van der Waals surface area contributed by atoms with E-state index in [-0.39, 0.29) is 5.54 Å². The number of carbonyl (C=O) groups excluding carboxylic acids is 1. The second kappa shape index (κ2) is 7.14. The number of urea groups is 1. The Bertz CT molecular complexity index is 254. The molecule has 100 valence electrons. The normalized spacial score (nSPS) is 12.9. The van der Waals surface area contributed by atoms with E-state index in [2.05, 4.69) is 10.6 Å². The predicted molar refractivity (Wildman–Crippen MR) is 67.0 cm³/mol. The second-order valence-corrected chi connectivity index (χ2v) is 4.24. The van der Waals surface area contributed by atoms with E-state index in [0.29, 0.717) is 6.42 Å². The summed E-state index contributed by atoms with van der Waals surface area (Å²) in [7, 11) is 0. The van der Waals surface area contributed by atoms with Crippen LogP contribution >= 0.6 is 0 Å². The van der Waals surface area contributed by atoms with Gasteiger partial charge in [0.1, 0.15) is 6.04 Å². The van der Waals surface area contributed by atoms with Crippen LogP contribution in [0.4, 0.5) is 4.79 Å². The van der Waals surface area contributed by atoms with Gasteiger partial charge in [-0.2, -0.15) is 0 Å². The molecule has 17 heavy (non-hydrogen) atoms. The molecular formula is C12H24N2O3. The average molecular weight is 244 g/mol. The maximum absolute atomic E-state index is 11.7. The van der Waals surface area contributed by atoms with Gasteiger partial charge in [-0.25, -0.2) is 9.59 Å². The first kappa shape index (κ1) is 15.7. The summed E-state index contributed by atoms with van der Waals surface area (Å²) in [5.41, 5.74) is -0.235. The van der Waals surface area contributed by atoms with Crippen molar-refractivity contribution in [1.82, 2.24) is 10.6 Å². The molecule has 0 aromatic heterocycles. The van der Waals surface area contributed by atoms with Crippen LogP contribution in [0.3, 0.4) is 0 Å². The molecule has 0 aromatic carbocycles. The first-order valence-electron chi connectivity index (χ1n) is 6.26. The summed E-state index contributed by atoms with van der Waals surface area (Å²) in [6, 6.07) is -1.22. The van der Waals surface area contributed by atoms with Gasteiger partial charge in [0, 0.05) is 5.54 Å². The SMILES string of the molecule is CCC(NC(=O)NC(CC)(CC)CC)C(=O)O. The third-order valence-electron chi connectivity index (χ3n) is 3.42. The molecule has 0 bridgehead atoms. The molecule has 0 aliphatic heterocycles. The highest BCUT2D eigenvalue weighted by Crippen LogP contribution is 2.18. The molecule has 0 heterocycles. The Balaban J connectivity index is 4.47. The summed E-state index contributed by atoms with van der Waals surface area (Å²) in [5.74, 6) is -1.00. The zero-order chi connectivity index (χ0) is 13.5. The molecule has 0 spiro atoms. The van der Waals surface area contributed by atoms with Gasteiger partial charge in [0.2, 0.25) is 0 Å². The molecule has 2 amide bonds. The molecule has 0 aromatic rings. The smallest absolute Gasteiger partial charge is 0.326 e. The minimum atomic E-state index is -1.00. The zero-order valence-corrected chi connectivity index (χ0v) is 11.2. The van der Waals surface area contributed by atoms with Crippen LogP contribution in [0.1, 0.15) is 53.4 Å². The fourth-order valence-electron chi connectivity index (χ4n) is 1.79. The topological polar surface area (TPSA) is 78.4 Å². The van der Waals surface area contributed by atoms with Crippen LogP contribution < -0.4 is 10.6 Å². The Morgan fingerprint density at radius 2 is 1.59 bits per heavy atom. The molecule has 0 aliphatic carbocycles. The lowest BCUT2D eigenvalue weighted by Gasteiger charge is -2.32. The summed E-state index contributed by atoms with van der Waals surface area (Å²) in [6.45, 7) is 7.77. The van der Waals surface area contributed by atoms with Crippen LogP contribution in [0.5, 0.6) is 0 Å². The number of hydrogen-bond donors (Lipinski definition) is 3. The molecular weight excluding hydrogens is 220 g/mol. The highest BCUT2D eigenvalue weighted by atomic mass is 16.4. The fraction of sp³-hybridized carbons (Fsp3) is 0.833. The van der Waals surface area contributed by atoms with Crippen molar-refractivity contribution in [3.8, 4) is 0 Å². The Hall–Kier alpha value is -1.26. The predicted octanol–water partition coefficient (Wildman–Crippen LogP) is 2.12. The maximum atomic E-state index is 11.7. The molecule has 5 heteroatoms. The van der Waals surface area contributed by atoms with Gasteiger partial charge in [-0.3, -0.25) is 0 Å². The van der Waals surface area contributed by atoms with E-state index in [9.17, 15) is 9.59 Å². The van der Waals surface area contributed by atoms with Crippen LogP contribution in [0.15, 0.2) is 0 Å². The summed E-state index contributed by atoms with van der Waals surface area (Å²) < 4.78 is 0. The van der Waals surface area contributed by atoms with Gasteiger partial charge in [0.25, 0.3) is 0 Å². The van der Waals surface area contributed by atoms with Crippen LogP contribution in [-0.4, -0.2) is 28.7 Å². The Kier molecular flexibility index (Phi) is 6.61. The first-order valence-corrected chi connectivity index (χ1v) is 6.26. The highest BCUT2D eigenvalue weighted by molar-refractivity contribution is 5.82. The lowest BCUT2D eigenvalue weighted by atomic mass is 9.90. The second-order valence-electron chi connectivity index (χ2n) is 4.24. The third kappa shape index (κ3) is 4.63. The lowest BCUT2D eigenvalue weighted by Crippen LogP contribution is -2.54. The molecule has 0 saturated heterocycles. The van der Waals surface area contributed by atoms with E-state index in [1.165, 1.54) is 0 Å². The van der Waals surface area contributed by atoms with Gasteiger partial charge >= 0.3 is 12.0 Å². The molecule has 0 fully saturated rings. The number of nitrogens with one attached hydrogen (secondary N) is 2. The van der Waals surface area contributed by atoms with E-state index < -0.39 is 18.0 Å². The number of aliphatic carboxylic acids is 1. The van der Waals surface area contributed by atoms with Gasteiger partial charge in [0.15, 0.2) is 0 Å². The van der Waals surface area contributed by atoms with Crippen molar-refractivity contribution in [2.75, 3.05) is 0 Å². The van der Waals surface area contributed by atoms with E-state index in [1.807, 2.05) is 20.8 Å². The third-order valence-corrected chi connectivity index (χ3v) is 3.42. The molecule has 0 radical (unpaired) electrons. The molecule has 3 N–H and O–H groups in total. The minimum absolute atomic E-state index is 0.235. The van der Waals surface area contributed by atoms with Gasteiger partial charge in [-0.15, -0.1) is 0 Å². The number of amides is 2. The van der Waals surface area contributed by atoms with E-state index >= 15 is 0 Å². The Labute approximate surface area is 103 Å². The fourth-order valence-corrected chi connectivity index (χ4v) is 1.79. The number of carboxylic acid groups (broad SMARTS) is 1. The van der Waals surface area contributed by atoms with Gasteiger partial charge < -0.3 is 15.7 Å². The van der Waals surface area contributed by atoms with Crippen molar-refractivity contribution < 1.29 is 14.7 Å². The number of carboxylic acids is 1.